The lowest BCUT2D eigenvalue weighted by molar-refractivity contribution is -0.164. The second kappa shape index (κ2) is 9.73. The minimum Gasteiger partial charge on any atom is -0.460 e. The van der Waals surface area contributed by atoms with Crippen molar-refractivity contribution in [3.63, 3.8) is 0 Å². The first-order chi connectivity index (χ1) is 12.2. The molecule has 1 rings (SSSR count). The number of amides is 1. The van der Waals surface area contributed by atoms with Gasteiger partial charge in [-0.3, -0.25) is 9.59 Å². The van der Waals surface area contributed by atoms with Crippen molar-refractivity contribution >= 4 is 35.9 Å². The number of ether oxygens (including phenoxy) is 2. The van der Waals surface area contributed by atoms with Gasteiger partial charge in [-0.05, 0) is 59.7 Å². The highest BCUT2D eigenvalue weighted by molar-refractivity contribution is 6.01. The molecule has 1 aromatic rings. The van der Waals surface area contributed by atoms with Crippen molar-refractivity contribution in [2.45, 2.75) is 65.2 Å². The summed E-state index contributed by atoms with van der Waals surface area (Å²) in [4.78, 5) is 37.0. The topological polar surface area (TPSA) is 108 Å². The van der Waals surface area contributed by atoms with Crippen LogP contribution < -0.4 is 11.1 Å². The third-order valence-corrected chi connectivity index (χ3v) is 3.05. The first-order valence-corrected chi connectivity index (χ1v) is 8.48. The molecule has 1 atom stereocenters. The summed E-state index contributed by atoms with van der Waals surface area (Å²) < 4.78 is 23.6. The van der Waals surface area contributed by atoms with Crippen LogP contribution >= 0.6 is 12.4 Å². The molecule has 0 saturated heterocycles. The van der Waals surface area contributed by atoms with Gasteiger partial charge in [-0.2, -0.15) is 0 Å². The molecule has 0 spiro atoms. The van der Waals surface area contributed by atoms with Crippen LogP contribution in [0.1, 0.15) is 58.3 Å². The Balaban J connectivity index is 0.00000729. The predicted octanol–water partition coefficient (Wildman–Crippen LogP) is 3.00. The van der Waals surface area contributed by atoms with Gasteiger partial charge in [-0.25, -0.2) is 9.18 Å². The van der Waals surface area contributed by atoms with Crippen LogP contribution in [0.5, 0.6) is 0 Å². The van der Waals surface area contributed by atoms with Gasteiger partial charge in [0.15, 0.2) is 0 Å². The predicted molar refractivity (Wildman–Crippen MR) is 106 cm³/mol. The van der Waals surface area contributed by atoms with Crippen LogP contribution in [0.15, 0.2) is 18.2 Å². The number of rotatable bonds is 5. The fraction of sp³-hybridized carbons (Fsp3) is 0.526. The zero-order valence-electron chi connectivity index (χ0n) is 16.9. The highest BCUT2D eigenvalue weighted by Gasteiger charge is 2.31. The number of nitrogen functional groups attached to an aromatic ring is 1. The molecule has 1 aromatic carbocycles. The van der Waals surface area contributed by atoms with Gasteiger partial charge in [0.05, 0.1) is 12.0 Å². The minimum absolute atomic E-state index is 0. The molecule has 0 aliphatic carbocycles. The average molecular weight is 419 g/mol. The van der Waals surface area contributed by atoms with Gasteiger partial charge < -0.3 is 20.5 Å². The first kappa shape index (κ1) is 25.6. The number of anilines is 1. The summed E-state index contributed by atoms with van der Waals surface area (Å²) in [7, 11) is 0. The third-order valence-electron chi connectivity index (χ3n) is 3.05. The van der Waals surface area contributed by atoms with Crippen molar-refractivity contribution in [1.82, 2.24) is 5.32 Å². The Bertz CT molecular complexity index is 726. The average Bonchev–Trinajstić information content (AvgIpc) is 2.42. The SMILES string of the molecule is CC(C)(C)OC(=O)CC(NC(=O)c1ccc(F)cc1N)C(=O)OC(C)(C)C.Cl. The van der Waals surface area contributed by atoms with Crippen molar-refractivity contribution in [3.8, 4) is 0 Å². The molecule has 158 valence electrons. The van der Waals surface area contributed by atoms with Gasteiger partial charge in [0.25, 0.3) is 5.91 Å². The number of esters is 2. The van der Waals surface area contributed by atoms with Gasteiger partial charge in [0.1, 0.15) is 23.1 Å². The molecule has 9 heteroatoms. The molecule has 3 N–H and O–H groups in total. The van der Waals surface area contributed by atoms with Gasteiger partial charge >= 0.3 is 11.9 Å². The monoisotopic (exact) mass is 418 g/mol. The zero-order chi connectivity index (χ0) is 21.0. The number of carbonyl (C=O) groups is 3. The lowest BCUT2D eigenvalue weighted by atomic mass is 10.1. The zero-order valence-corrected chi connectivity index (χ0v) is 17.7. The van der Waals surface area contributed by atoms with Crippen molar-refractivity contribution in [2.24, 2.45) is 0 Å². The summed E-state index contributed by atoms with van der Waals surface area (Å²) in [6.45, 7) is 10.0. The fourth-order valence-corrected chi connectivity index (χ4v) is 2.09. The molecule has 1 unspecified atom stereocenters. The Hall–Kier alpha value is -2.35. The summed E-state index contributed by atoms with van der Waals surface area (Å²) in [5, 5.41) is 2.42. The van der Waals surface area contributed by atoms with Gasteiger partial charge in [0.2, 0.25) is 0 Å². The van der Waals surface area contributed by atoms with Gasteiger partial charge in [0, 0.05) is 5.69 Å². The quantitative estimate of drug-likeness (QED) is 0.562. The van der Waals surface area contributed by atoms with Crippen molar-refractivity contribution in [3.05, 3.63) is 29.6 Å². The number of halogens is 2. The third kappa shape index (κ3) is 9.03. The molecule has 0 aliphatic heterocycles. The van der Waals surface area contributed by atoms with E-state index in [1.54, 1.807) is 41.5 Å². The smallest absolute Gasteiger partial charge is 0.329 e. The van der Waals surface area contributed by atoms with Gasteiger partial charge in [-0.1, -0.05) is 0 Å². The van der Waals surface area contributed by atoms with Crippen LogP contribution in [-0.2, 0) is 19.1 Å². The normalized spacial score (nSPS) is 12.4. The van der Waals surface area contributed by atoms with Crippen molar-refractivity contribution in [1.29, 1.82) is 0 Å². The lowest BCUT2D eigenvalue weighted by Gasteiger charge is -2.26. The largest absolute Gasteiger partial charge is 0.460 e. The van der Waals surface area contributed by atoms with Crippen LogP contribution in [0.25, 0.3) is 0 Å². The second-order valence-electron chi connectivity index (χ2n) is 8.08. The van der Waals surface area contributed by atoms with Crippen LogP contribution in [-0.4, -0.2) is 35.1 Å². The highest BCUT2D eigenvalue weighted by atomic mass is 35.5. The van der Waals surface area contributed by atoms with E-state index in [4.69, 9.17) is 15.2 Å². The van der Waals surface area contributed by atoms with E-state index in [2.05, 4.69) is 5.32 Å². The molecule has 0 heterocycles. The summed E-state index contributed by atoms with van der Waals surface area (Å²) in [6, 6.07) is 1.98. The van der Waals surface area contributed by atoms with E-state index in [0.717, 1.165) is 12.1 Å². The van der Waals surface area contributed by atoms with E-state index in [9.17, 15) is 18.8 Å². The number of hydrogen-bond acceptors (Lipinski definition) is 6. The Morgan fingerprint density at radius 3 is 2.07 bits per heavy atom. The van der Waals surface area contributed by atoms with Crippen LogP contribution in [0, 0.1) is 5.82 Å². The summed E-state index contributed by atoms with van der Waals surface area (Å²) >= 11 is 0. The number of nitrogens with two attached hydrogens (primary N) is 1. The number of hydrogen-bond donors (Lipinski definition) is 2. The van der Waals surface area contributed by atoms with Gasteiger partial charge in [-0.15, -0.1) is 12.4 Å². The number of carbonyl (C=O) groups excluding carboxylic acids is 3. The molecule has 28 heavy (non-hydrogen) atoms. The maximum atomic E-state index is 13.2. The molecular formula is C19H28ClFN2O5. The molecule has 0 bridgehead atoms. The summed E-state index contributed by atoms with van der Waals surface area (Å²) in [5.74, 6) is -2.79. The molecule has 7 nitrogen and oxygen atoms in total. The van der Waals surface area contributed by atoms with Crippen molar-refractivity contribution < 1.29 is 28.2 Å². The maximum absolute atomic E-state index is 13.2. The number of benzene rings is 1. The number of nitrogens with one attached hydrogen (secondary N) is 1. The Labute approximate surface area is 170 Å². The van der Waals surface area contributed by atoms with E-state index in [0.29, 0.717) is 0 Å². The standard InChI is InChI=1S/C19H27FN2O5.ClH/c1-18(2,3)26-15(23)10-14(17(25)27-19(4,5)6)22-16(24)12-8-7-11(20)9-13(12)21;/h7-9,14H,10,21H2,1-6H3,(H,22,24);1H. The highest BCUT2D eigenvalue weighted by Crippen LogP contribution is 2.16. The lowest BCUT2D eigenvalue weighted by Crippen LogP contribution is -2.46. The van der Waals surface area contributed by atoms with E-state index < -0.39 is 47.3 Å². The molecule has 1 amide bonds. The first-order valence-electron chi connectivity index (χ1n) is 8.48. The van der Waals surface area contributed by atoms with Crippen molar-refractivity contribution in [2.75, 3.05) is 5.73 Å². The fourth-order valence-electron chi connectivity index (χ4n) is 2.09. The summed E-state index contributed by atoms with van der Waals surface area (Å²) in [5.41, 5.74) is 3.98. The minimum atomic E-state index is -1.28. The summed E-state index contributed by atoms with van der Waals surface area (Å²) in [6.07, 6.45) is -0.418. The van der Waals surface area contributed by atoms with E-state index in [1.165, 1.54) is 6.07 Å². The molecule has 0 saturated carbocycles. The Morgan fingerprint density at radius 1 is 1.07 bits per heavy atom. The maximum Gasteiger partial charge on any atom is 0.329 e. The van der Waals surface area contributed by atoms with Crippen LogP contribution in [0.3, 0.4) is 0 Å². The molecule has 0 radical (unpaired) electrons. The Kier molecular flexibility index (Phi) is 8.91. The second-order valence-corrected chi connectivity index (χ2v) is 8.08. The molecule has 0 aromatic heterocycles. The van der Waals surface area contributed by atoms with E-state index in [1.807, 2.05) is 0 Å². The van der Waals surface area contributed by atoms with Crippen LogP contribution in [0.4, 0.5) is 10.1 Å². The molecule has 0 aliphatic rings. The molecular weight excluding hydrogens is 391 g/mol. The van der Waals surface area contributed by atoms with E-state index >= 15 is 0 Å². The molecule has 0 fully saturated rings. The Morgan fingerprint density at radius 2 is 1.61 bits per heavy atom. The van der Waals surface area contributed by atoms with Crippen LogP contribution in [0.2, 0.25) is 0 Å². The van der Waals surface area contributed by atoms with E-state index in [-0.39, 0.29) is 23.7 Å².